The maximum absolute atomic E-state index is 13.8. The van der Waals surface area contributed by atoms with Crippen LogP contribution in [0.2, 0.25) is 0 Å². The quantitative estimate of drug-likeness (QED) is 0.198. The minimum absolute atomic E-state index is 0.00411. The molecule has 13 nitrogen and oxygen atoms in total. The smallest absolute Gasteiger partial charge is 0.344 e. The summed E-state index contributed by atoms with van der Waals surface area (Å²) in [7, 11) is -2.56. The van der Waals surface area contributed by atoms with E-state index in [4.69, 9.17) is 9.47 Å². The normalized spacial score (nSPS) is 10.8. The number of esters is 1. The lowest BCUT2D eigenvalue weighted by atomic mass is 10.2. The molecule has 0 atom stereocenters. The fraction of sp³-hybridized carbons (Fsp3) is 0.160. The minimum atomic E-state index is -3.91. The van der Waals surface area contributed by atoms with E-state index in [9.17, 15) is 37.3 Å². The Balaban J connectivity index is 1.51. The monoisotopic (exact) mass is 574 g/mol. The number of hydrogen-bond acceptors (Lipinski definition) is 9. The zero-order chi connectivity index (χ0) is 29.4. The molecule has 3 aromatic rings. The van der Waals surface area contributed by atoms with Crippen LogP contribution >= 0.6 is 0 Å². The number of nitrogens with zero attached hydrogens (tertiary/aromatic N) is 2. The van der Waals surface area contributed by atoms with Gasteiger partial charge in [0.15, 0.2) is 13.2 Å². The topological polar surface area (TPSA) is 174 Å². The fourth-order valence-corrected chi connectivity index (χ4v) is 4.40. The molecule has 0 saturated heterocycles. The number of amides is 2. The Kier molecular flexibility index (Phi) is 9.34. The van der Waals surface area contributed by atoms with E-state index in [1.807, 2.05) is 0 Å². The van der Waals surface area contributed by atoms with Gasteiger partial charge in [-0.3, -0.25) is 24.0 Å². The van der Waals surface area contributed by atoms with E-state index in [1.165, 1.54) is 62.5 Å². The largest absolute Gasteiger partial charge is 0.482 e. The van der Waals surface area contributed by atoms with Gasteiger partial charge in [-0.25, -0.2) is 17.6 Å². The van der Waals surface area contributed by atoms with Gasteiger partial charge in [-0.2, -0.15) is 0 Å². The number of nitro benzene ring substituents is 1. The molecular weight excluding hydrogens is 551 g/mol. The van der Waals surface area contributed by atoms with Crippen molar-refractivity contribution in [3.63, 3.8) is 0 Å². The molecule has 40 heavy (non-hydrogen) atoms. The van der Waals surface area contributed by atoms with Gasteiger partial charge in [-0.1, -0.05) is 0 Å². The first-order chi connectivity index (χ1) is 18.9. The maximum Gasteiger partial charge on any atom is 0.344 e. The lowest BCUT2D eigenvalue weighted by molar-refractivity contribution is -0.384. The van der Waals surface area contributed by atoms with Crippen LogP contribution in [0.5, 0.6) is 5.75 Å². The number of sulfonamides is 1. The molecule has 0 radical (unpaired) electrons. The van der Waals surface area contributed by atoms with Crippen molar-refractivity contribution in [3.8, 4) is 5.75 Å². The van der Waals surface area contributed by atoms with Crippen LogP contribution in [-0.4, -0.2) is 51.4 Å². The van der Waals surface area contributed by atoms with Crippen molar-refractivity contribution in [2.24, 2.45) is 0 Å². The molecule has 2 N–H and O–H groups in total. The number of benzene rings is 3. The van der Waals surface area contributed by atoms with Crippen molar-refractivity contribution < 1.29 is 41.6 Å². The van der Waals surface area contributed by atoms with Gasteiger partial charge in [-0.05, 0) is 54.6 Å². The Morgan fingerprint density at radius 3 is 2.23 bits per heavy atom. The first kappa shape index (κ1) is 29.5. The maximum atomic E-state index is 13.8. The molecule has 0 unspecified atom stereocenters. The van der Waals surface area contributed by atoms with Crippen molar-refractivity contribution in [2.75, 3.05) is 35.2 Å². The summed E-state index contributed by atoms with van der Waals surface area (Å²) in [4.78, 5) is 45.0. The first-order valence-corrected chi connectivity index (χ1v) is 12.8. The number of nitrogens with one attached hydrogen (secondary N) is 2. The lowest BCUT2D eigenvalue weighted by Crippen LogP contribution is -2.26. The molecule has 0 heterocycles. The highest BCUT2D eigenvalue weighted by Gasteiger charge is 2.21. The van der Waals surface area contributed by atoms with Crippen LogP contribution in [0.15, 0.2) is 71.6 Å². The van der Waals surface area contributed by atoms with Crippen LogP contribution in [0.1, 0.15) is 6.92 Å². The molecule has 0 aromatic heterocycles. The van der Waals surface area contributed by atoms with Crippen LogP contribution in [-0.2, 0) is 29.1 Å². The number of carbonyl (C=O) groups is 3. The summed E-state index contributed by atoms with van der Waals surface area (Å²) in [6.45, 7) is -0.0492. The minimum Gasteiger partial charge on any atom is -0.482 e. The van der Waals surface area contributed by atoms with Crippen LogP contribution in [0, 0.1) is 15.9 Å². The van der Waals surface area contributed by atoms with Crippen molar-refractivity contribution in [3.05, 3.63) is 82.7 Å². The number of ether oxygens (including phenoxy) is 2. The molecule has 0 spiro atoms. The van der Waals surface area contributed by atoms with Gasteiger partial charge in [0.2, 0.25) is 5.91 Å². The second-order valence-electron chi connectivity index (χ2n) is 8.09. The van der Waals surface area contributed by atoms with Crippen LogP contribution in [0.4, 0.5) is 27.1 Å². The highest BCUT2D eigenvalue weighted by molar-refractivity contribution is 7.92. The van der Waals surface area contributed by atoms with Gasteiger partial charge in [0.05, 0.1) is 21.2 Å². The van der Waals surface area contributed by atoms with Crippen molar-refractivity contribution in [1.29, 1.82) is 0 Å². The molecule has 3 rings (SSSR count). The molecule has 0 aliphatic heterocycles. The van der Waals surface area contributed by atoms with Crippen molar-refractivity contribution in [1.82, 2.24) is 0 Å². The van der Waals surface area contributed by atoms with E-state index >= 15 is 0 Å². The van der Waals surface area contributed by atoms with Crippen LogP contribution in [0.25, 0.3) is 0 Å². The zero-order valence-corrected chi connectivity index (χ0v) is 21.9. The Hall–Kier alpha value is -5.05. The Morgan fingerprint density at radius 2 is 1.62 bits per heavy atom. The SMILES string of the molecule is CC(=O)Nc1ccc(S(=O)(=O)N(C)c2ccc(OCC(=O)OCC(=O)Nc3cc([N+](=O)[O-])ccc3F)cc2)cc1. The molecule has 15 heteroatoms. The average Bonchev–Trinajstić information content (AvgIpc) is 2.91. The number of carbonyl (C=O) groups excluding carboxylic acids is 3. The number of rotatable bonds is 11. The predicted molar refractivity (Wildman–Crippen MR) is 141 cm³/mol. The van der Waals surface area contributed by atoms with Crippen molar-refractivity contribution in [2.45, 2.75) is 11.8 Å². The second kappa shape index (κ2) is 12.7. The van der Waals surface area contributed by atoms with Gasteiger partial charge < -0.3 is 20.1 Å². The van der Waals surface area contributed by atoms with E-state index in [0.717, 1.165) is 22.5 Å². The summed E-state index contributed by atoms with van der Waals surface area (Å²) in [5.74, 6) is -2.85. The highest BCUT2D eigenvalue weighted by atomic mass is 32.2. The Morgan fingerprint density at radius 1 is 0.975 bits per heavy atom. The summed E-state index contributed by atoms with van der Waals surface area (Å²) >= 11 is 0. The van der Waals surface area contributed by atoms with Gasteiger partial charge >= 0.3 is 5.97 Å². The molecule has 0 bridgehead atoms. The van der Waals surface area contributed by atoms with Gasteiger partial charge in [0.25, 0.3) is 21.6 Å². The third-order valence-corrected chi connectivity index (χ3v) is 6.99. The summed E-state index contributed by atoms with van der Waals surface area (Å²) in [6, 6.07) is 14.0. The standard InChI is InChI=1S/C25H23FN4O9S/c1-16(31)27-17-3-10-21(11-4-17)40(36,37)29(2)18-5-8-20(9-6-18)38-15-25(33)39-14-24(32)28-23-13-19(30(34)35)7-12-22(23)26/h3-13H,14-15H2,1-2H3,(H,27,31)(H,28,32). The summed E-state index contributed by atoms with van der Waals surface area (Å²) in [6.07, 6.45) is 0. The molecule has 3 aromatic carbocycles. The number of hydrogen-bond donors (Lipinski definition) is 2. The van der Waals surface area contributed by atoms with Gasteiger partial charge in [0, 0.05) is 31.8 Å². The molecule has 2 amide bonds. The highest BCUT2D eigenvalue weighted by Crippen LogP contribution is 2.25. The summed E-state index contributed by atoms with van der Waals surface area (Å²) in [5, 5.41) is 15.4. The molecular formula is C25H23FN4O9S. The summed E-state index contributed by atoms with van der Waals surface area (Å²) < 4.78 is 50.7. The number of nitro groups is 1. The Labute approximate surface area is 227 Å². The first-order valence-electron chi connectivity index (χ1n) is 11.4. The molecule has 0 aliphatic carbocycles. The average molecular weight is 575 g/mol. The Bertz CT molecular complexity index is 1530. The van der Waals surface area contributed by atoms with Crippen molar-refractivity contribution >= 4 is 50.6 Å². The zero-order valence-electron chi connectivity index (χ0n) is 21.1. The predicted octanol–water partition coefficient (Wildman–Crippen LogP) is 3.08. The number of anilines is 3. The molecule has 210 valence electrons. The summed E-state index contributed by atoms with van der Waals surface area (Å²) in [5.41, 5.74) is -0.133. The lowest BCUT2D eigenvalue weighted by Gasteiger charge is -2.20. The number of non-ortho nitro benzene ring substituents is 1. The second-order valence-corrected chi connectivity index (χ2v) is 10.1. The van der Waals surface area contributed by atoms with E-state index in [2.05, 4.69) is 10.6 Å². The molecule has 0 fully saturated rings. The van der Waals surface area contributed by atoms with E-state index in [0.29, 0.717) is 11.4 Å². The molecule has 0 aliphatic rings. The third kappa shape index (κ3) is 7.73. The van der Waals surface area contributed by atoms with E-state index < -0.39 is 57.2 Å². The van der Waals surface area contributed by atoms with Gasteiger partial charge in [0.1, 0.15) is 11.6 Å². The molecule has 0 saturated carbocycles. The van der Waals surface area contributed by atoms with Gasteiger partial charge in [-0.15, -0.1) is 0 Å². The third-order valence-electron chi connectivity index (χ3n) is 5.19. The van der Waals surface area contributed by atoms with E-state index in [1.54, 1.807) is 0 Å². The van der Waals surface area contributed by atoms with Crippen LogP contribution in [0.3, 0.4) is 0 Å². The number of halogens is 1. The van der Waals surface area contributed by atoms with Crippen LogP contribution < -0.4 is 19.7 Å². The van der Waals surface area contributed by atoms with E-state index in [-0.39, 0.29) is 16.6 Å². The fourth-order valence-electron chi connectivity index (χ4n) is 3.20.